The Morgan fingerprint density at radius 2 is 2.08 bits per heavy atom. The van der Waals surface area contributed by atoms with Gasteiger partial charge in [-0.3, -0.25) is 4.79 Å². The summed E-state index contributed by atoms with van der Waals surface area (Å²) < 4.78 is 28.7. The summed E-state index contributed by atoms with van der Waals surface area (Å²) in [4.78, 5) is 14.9. The Kier molecular flexibility index (Phi) is 6.63. The second kappa shape index (κ2) is 8.32. The Hall–Kier alpha value is -1.40. The quantitative estimate of drug-likeness (QED) is 0.858. The van der Waals surface area contributed by atoms with E-state index >= 15 is 0 Å². The lowest BCUT2D eigenvalue weighted by atomic mass is 9.67. The van der Waals surface area contributed by atoms with E-state index in [1.165, 1.54) is 18.6 Å². The van der Waals surface area contributed by atoms with Crippen molar-refractivity contribution in [2.24, 2.45) is 11.3 Å². The van der Waals surface area contributed by atoms with Crippen LogP contribution >= 0.6 is 12.4 Å². The Balaban J connectivity index is 0.00000225. The fourth-order valence-corrected chi connectivity index (χ4v) is 4.17. The molecule has 1 heterocycles. The van der Waals surface area contributed by atoms with Gasteiger partial charge in [0, 0.05) is 20.1 Å². The highest BCUT2D eigenvalue weighted by Gasteiger charge is 2.50. The van der Waals surface area contributed by atoms with Crippen molar-refractivity contribution in [3.8, 4) is 5.75 Å². The van der Waals surface area contributed by atoms with Gasteiger partial charge in [0.1, 0.15) is 5.75 Å². The highest BCUT2D eigenvalue weighted by molar-refractivity contribution is 5.85. The molecule has 3 rings (SSSR count). The molecule has 0 bridgehead atoms. The van der Waals surface area contributed by atoms with E-state index < -0.39 is 6.61 Å². The second-order valence-corrected chi connectivity index (χ2v) is 6.91. The van der Waals surface area contributed by atoms with Gasteiger partial charge in [-0.1, -0.05) is 25.0 Å². The molecule has 2 fully saturated rings. The van der Waals surface area contributed by atoms with Crippen LogP contribution in [0.3, 0.4) is 0 Å². The molecule has 1 amide bonds. The number of amides is 1. The minimum Gasteiger partial charge on any atom is -0.435 e. The number of nitrogens with zero attached hydrogens (tertiary/aromatic N) is 1. The van der Waals surface area contributed by atoms with E-state index in [2.05, 4.69) is 10.1 Å². The molecule has 2 atom stereocenters. The molecule has 1 aliphatic heterocycles. The highest BCUT2D eigenvalue weighted by atomic mass is 35.5. The Morgan fingerprint density at radius 3 is 2.76 bits per heavy atom. The molecule has 140 valence electrons. The van der Waals surface area contributed by atoms with E-state index in [9.17, 15) is 13.6 Å². The Labute approximate surface area is 153 Å². The molecule has 1 aromatic carbocycles. The van der Waals surface area contributed by atoms with Gasteiger partial charge in [0.25, 0.3) is 0 Å². The van der Waals surface area contributed by atoms with Crippen molar-refractivity contribution >= 4 is 18.3 Å². The average Bonchev–Trinajstić information content (AvgIpc) is 3.00. The smallest absolute Gasteiger partial charge is 0.387 e. The maximum atomic E-state index is 13.1. The van der Waals surface area contributed by atoms with Gasteiger partial charge >= 0.3 is 6.61 Å². The van der Waals surface area contributed by atoms with Crippen molar-refractivity contribution in [3.63, 3.8) is 0 Å². The molecule has 1 saturated heterocycles. The number of carbonyl (C=O) groups excluding carboxylic acids is 1. The fraction of sp³-hybridized carbons (Fsp3) is 0.611. The first-order valence-corrected chi connectivity index (χ1v) is 8.51. The van der Waals surface area contributed by atoms with E-state index in [-0.39, 0.29) is 29.5 Å². The number of nitrogens with one attached hydrogen (secondary N) is 1. The molecule has 0 aromatic heterocycles. The number of hydrogen-bond acceptors (Lipinski definition) is 3. The Morgan fingerprint density at radius 1 is 1.36 bits per heavy atom. The third kappa shape index (κ3) is 4.23. The van der Waals surface area contributed by atoms with Crippen molar-refractivity contribution in [2.45, 2.75) is 38.8 Å². The van der Waals surface area contributed by atoms with Crippen molar-refractivity contribution in [3.05, 3.63) is 29.8 Å². The van der Waals surface area contributed by atoms with Crippen LogP contribution in [0.1, 0.15) is 31.2 Å². The number of hydrogen-bond donors (Lipinski definition) is 1. The number of ether oxygens (including phenoxy) is 1. The standard InChI is InChI=1S/C18H24F2N2O2.ClH/c1-22(11-13-5-7-15(8-6-13)24-17(19)20)16(23)18-9-3-2-4-14(18)10-21-12-18;/h5-8,14,17,21H,2-4,9-12H2,1H3;1H/t14-,18+;/m0./s1. The summed E-state index contributed by atoms with van der Waals surface area (Å²) in [7, 11) is 1.82. The van der Waals surface area contributed by atoms with Crippen molar-refractivity contribution in [2.75, 3.05) is 20.1 Å². The van der Waals surface area contributed by atoms with E-state index in [1.54, 1.807) is 17.0 Å². The zero-order valence-electron chi connectivity index (χ0n) is 14.3. The van der Waals surface area contributed by atoms with Gasteiger partial charge < -0.3 is 15.0 Å². The topological polar surface area (TPSA) is 41.6 Å². The maximum Gasteiger partial charge on any atom is 0.387 e. The number of fused-ring (bicyclic) bond motifs is 1. The number of carbonyl (C=O) groups is 1. The van der Waals surface area contributed by atoms with Gasteiger partial charge in [-0.05, 0) is 43.0 Å². The lowest BCUT2D eigenvalue weighted by Gasteiger charge is -2.39. The van der Waals surface area contributed by atoms with E-state index in [1.807, 2.05) is 7.05 Å². The molecule has 0 unspecified atom stereocenters. The number of halogens is 3. The van der Waals surface area contributed by atoms with Crippen molar-refractivity contribution in [1.82, 2.24) is 10.2 Å². The lowest BCUT2D eigenvalue weighted by molar-refractivity contribution is -0.144. The molecule has 1 saturated carbocycles. The zero-order valence-corrected chi connectivity index (χ0v) is 15.2. The maximum absolute atomic E-state index is 13.1. The first-order chi connectivity index (χ1) is 11.5. The predicted molar refractivity (Wildman–Crippen MR) is 94.1 cm³/mol. The van der Waals surface area contributed by atoms with Crippen LogP contribution in [-0.4, -0.2) is 37.6 Å². The monoisotopic (exact) mass is 374 g/mol. The van der Waals surface area contributed by atoms with Gasteiger partial charge in [-0.25, -0.2) is 0 Å². The third-order valence-electron chi connectivity index (χ3n) is 5.38. The summed E-state index contributed by atoms with van der Waals surface area (Å²) in [5.41, 5.74) is 0.647. The van der Waals surface area contributed by atoms with Gasteiger partial charge in [0.05, 0.1) is 5.41 Å². The minimum atomic E-state index is -2.82. The zero-order chi connectivity index (χ0) is 17.2. The minimum absolute atomic E-state index is 0. The van der Waals surface area contributed by atoms with Gasteiger partial charge in [0.2, 0.25) is 5.91 Å². The van der Waals surface area contributed by atoms with Crippen LogP contribution < -0.4 is 10.1 Å². The molecule has 0 spiro atoms. The second-order valence-electron chi connectivity index (χ2n) is 6.91. The number of rotatable bonds is 5. The SMILES string of the molecule is CN(Cc1ccc(OC(F)F)cc1)C(=O)[C@@]12CCCC[C@H]1CNC2.Cl. The molecule has 1 N–H and O–H groups in total. The molecule has 4 nitrogen and oxygen atoms in total. The van der Waals surface area contributed by atoms with Gasteiger partial charge in [-0.2, -0.15) is 8.78 Å². The largest absolute Gasteiger partial charge is 0.435 e. The number of benzene rings is 1. The predicted octanol–water partition coefficient (Wildman–Crippen LogP) is 3.45. The average molecular weight is 375 g/mol. The van der Waals surface area contributed by atoms with Crippen molar-refractivity contribution in [1.29, 1.82) is 0 Å². The summed E-state index contributed by atoms with van der Waals surface area (Å²) in [6.45, 7) is -0.652. The summed E-state index contributed by atoms with van der Waals surface area (Å²) in [5, 5.41) is 3.40. The van der Waals surface area contributed by atoms with E-state index in [4.69, 9.17) is 0 Å². The van der Waals surface area contributed by atoms with Crippen LogP contribution in [0.15, 0.2) is 24.3 Å². The van der Waals surface area contributed by atoms with E-state index in [0.717, 1.165) is 37.9 Å². The third-order valence-corrected chi connectivity index (χ3v) is 5.38. The van der Waals surface area contributed by atoms with Crippen LogP contribution in [0.4, 0.5) is 8.78 Å². The van der Waals surface area contributed by atoms with Gasteiger partial charge in [0.15, 0.2) is 0 Å². The Bertz CT molecular complexity index is 585. The summed E-state index contributed by atoms with van der Waals surface area (Å²) in [6.07, 6.45) is 4.38. The first kappa shape index (κ1) is 19.9. The van der Waals surface area contributed by atoms with Crippen LogP contribution in [0.5, 0.6) is 5.75 Å². The molecule has 7 heteroatoms. The fourth-order valence-electron chi connectivity index (χ4n) is 4.17. The molecule has 1 aromatic rings. The van der Waals surface area contributed by atoms with E-state index in [0.29, 0.717) is 12.5 Å². The highest BCUT2D eigenvalue weighted by Crippen LogP contribution is 2.45. The molecule has 25 heavy (non-hydrogen) atoms. The molecule has 1 aliphatic carbocycles. The number of alkyl halides is 2. The van der Waals surface area contributed by atoms with Crippen LogP contribution in [0, 0.1) is 11.3 Å². The molecular weight excluding hydrogens is 350 g/mol. The van der Waals surface area contributed by atoms with Gasteiger partial charge in [-0.15, -0.1) is 12.4 Å². The van der Waals surface area contributed by atoms with Crippen LogP contribution in [-0.2, 0) is 11.3 Å². The molecule has 2 aliphatic rings. The summed E-state index contributed by atoms with van der Waals surface area (Å²) >= 11 is 0. The lowest BCUT2D eigenvalue weighted by Crippen LogP contribution is -2.48. The summed E-state index contributed by atoms with van der Waals surface area (Å²) in [6, 6.07) is 6.48. The first-order valence-electron chi connectivity index (χ1n) is 8.51. The normalized spacial score (nSPS) is 25.2. The van der Waals surface area contributed by atoms with Crippen LogP contribution in [0.25, 0.3) is 0 Å². The van der Waals surface area contributed by atoms with Crippen molar-refractivity contribution < 1.29 is 18.3 Å². The molecular formula is C18H25ClF2N2O2. The van der Waals surface area contributed by atoms with Crippen LogP contribution in [0.2, 0.25) is 0 Å². The molecule has 0 radical (unpaired) electrons. The summed E-state index contributed by atoms with van der Waals surface area (Å²) in [5.74, 6) is 0.766.